The van der Waals surface area contributed by atoms with Gasteiger partial charge in [0.05, 0.1) is 11.5 Å². The van der Waals surface area contributed by atoms with E-state index in [0.717, 1.165) is 31.3 Å². The fourth-order valence-electron chi connectivity index (χ4n) is 6.70. The Labute approximate surface area is 188 Å². The monoisotopic (exact) mass is 440 g/mol. The molecule has 31 heavy (non-hydrogen) atoms. The summed E-state index contributed by atoms with van der Waals surface area (Å²) in [6, 6.07) is 9.07. The van der Waals surface area contributed by atoms with Gasteiger partial charge in [0.1, 0.15) is 10.5 Å². The summed E-state index contributed by atoms with van der Waals surface area (Å²) in [6.45, 7) is 6.35. The summed E-state index contributed by atoms with van der Waals surface area (Å²) in [5.41, 5.74) is 0.839. The second kappa shape index (κ2) is 8.97. The minimum absolute atomic E-state index is 0.0278. The highest BCUT2D eigenvalue weighted by atomic mass is 32.2. The molecule has 1 aliphatic heterocycles. The van der Waals surface area contributed by atoms with Crippen molar-refractivity contribution in [1.29, 1.82) is 0 Å². The van der Waals surface area contributed by atoms with Crippen LogP contribution in [0, 0.1) is 11.3 Å². The van der Waals surface area contributed by atoms with Crippen LogP contribution in [-0.2, 0) is 14.6 Å². The van der Waals surface area contributed by atoms with Gasteiger partial charge in [0.25, 0.3) is 0 Å². The SMILES string of the molecule is C=CC=C1/C(=C\C)OCC2C3(CCCCCCC3)CCCC12S(=O)(=O)c1ccccc1. The zero-order chi connectivity index (χ0) is 22.0. The quantitative estimate of drug-likeness (QED) is 0.520. The van der Waals surface area contributed by atoms with Gasteiger partial charge in [-0.05, 0) is 56.2 Å². The Kier molecular flexibility index (Phi) is 6.48. The molecule has 0 N–H and O–H groups in total. The second-order valence-electron chi connectivity index (χ2n) is 9.52. The Morgan fingerprint density at radius 2 is 1.61 bits per heavy atom. The first-order chi connectivity index (χ1) is 15.0. The van der Waals surface area contributed by atoms with E-state index in [0.29, 0.717) is 23.7 Å². The average Bonchev–Trinajstić information content (AvgIpc) is 2.77. The number of allylic oxidation sites excluding steroid dienone is 4. The molecule has 1 aromatic rings. The van der Waals surface area contributed by atoms with Crippen molar-refractivity contribution in [3.05, 3.63) is 66.5 Å². The number of ether oxygens (including phenoxy) is 1. The lowest BCUT2D eigenvalue weighted by molar-refractivity contribution is -0.0264. The molecule has 0 radical (unpaired) electrons. The maximum absolute atomic E-state index is 14.5. The molecule has 2 atom stereocenters. The summed E-state index contributed by atoms with van der Waals surface area (Å²) in [7, 11) is -3.63. The van der Waals surface area contributed by atoms with E-state index in [1.54, 1.807) is 18.2 Å². The minimum atomic E-state index is -3.63. The summed E-state index contributed by atoms with van der Waals surface area (Å²) in [5.74, 6) is 0.672. The maximum atomic E-state index is 14.5. The Hall–Kier alpha value is -1.81. The lowest BCUT2D eigenvalue weighted by Crippen LogP contribution is -2.61. The Morgan fingerprint density at radius 3 is 2.26 bits per heavy atom. The predicted octanol–water partition coefficient (Wildman–Crippen LogP) is 6.78. The van der Waals surface area contributed by atoms with Crippen LogP contribution in [-0.4, -0.2) is 19.8 Å². The van der Waals surface area contributed by atoms with E-state index in [1.165, 1.54) is 32.1 Å². The molecule has 4 heteroatoms. The minimum Gasteiger partial charge on any atom is -0.493 e. The molecule has 2 unspecified atom stereocenters. The highest BCUT2D eigenvalue weighted by molar-refractivity contribution is 7.93. The molecular formula is C27H36O3S. The fraction of sp³-hybridized carbons (Fsp3) is 0.556. The van der Waals surface area contributed by atoms with E-state index >= 15 is 0 Å². The van der Waals surface area contributed by atoms with Crippen molar-refractivity contribution in [3.8, 4) is 0 Å². The summed E-state index contributed by atoms with van der Waals surface area (Å²) < 4.78 is 34.4. The molecule has 0 amide bonds. The Bertz CT molecular complexity index is 949. The molecule has 1 aromatic carbocycles. The smallest absolute Gasteiger partial charge is 0.188 e. The van der Waals surface area contributed by atoms with Crippen molar-refractivity contribution in [1.82, 2.24) is 0 Å². The lowest BCUT2D eigenvalue weighted by Gasteiger charge is -2.58. The van der Waals surface area contributed by atoms with Crippen molar-refractivity contribution in [3.63, 3.8) is 0 Å². The summed E-state index contributed by atoms with van der Waals surface area (Å²) in [4.78, 5) is 0.426. The molecule has 4 rings (SSSR count). The van der Waals surface area contributed by atoms with Crippen molar-refractivity contribution in [2.45, 2.75) is 80.8 Å². The van der Waals surface area contributed by atoms with E-state index in [-0.39, 0.29) is 11.3 Å². The zero-order valence-corrected chi connectivity index (χ0v) is 19.6. The van der Waals surface area contributed by atoms with Gasteiger partial charge in [-0.15, -0.1) is 0 Å². The van der Waals surface area contributed by atoms with E-state index in [2.05, 4.69) is 6.58 Å². The van der Waals surface area contributed by atoms with Crippen LogP contribution >= 0.6 is 0 Å². The molecule has 1 spiro atoms. The first kappa shape index (κ1) is 22.4. The van der Waals surface area contributed by atoms with Crippen LogP contribution in [0.4, 0.5) is 0 Å². The van der Waals surface area contributed by atoms with Gasteiger partial charge < -0.3 is 4.74 Å². The first-order valence-corrected chi connectivity index (χ1v) is 13.4. The van der Waals surface area contributed by atoms with Crippen LogP contribution in [0.15, 0.2) is 71.4 Å². The van der Waals surface area contributed by atoms with Gasteiger partial charge in [-0.25, -0.2) is 8.42 Å². The van der Waals surface area contributed by atoms with Gasteiger partial charge in [-0.2, -0.15) is 0 Å². The molecule has 2 aliphatic carbocycles. The summed E-state index contributed by atoms with van der Waals surface area (Å²) in [6.07, 6.45) is 16.7. The molecule has 3 fully saturated rings. The number of hydrogen-bond donors (Lipinski definition) is 0. The van der Waals surface area contributed by atoms with Crippen LogP contribution in [0.1, 0.15) is 71.1 Å². The number of rotatable bonds is 3. The molecule has 168 valence electrons. The standard InChI is InChI=1S/C27H36O3S/c1-3-14-23-24(4-2)30-21-25-26(17-11-6-5-7-12-18-26)19-13-20-27(23,25)31(28,29)22-15-9-8-10-16-22/h3-4,8-10,14-16,25H,1,5-7,11-13,17-21H2,2H3/b23-14?,24-4+. The highest BCUT2D eigenvalue weighted by Gasteiger charge is 2.64. The van der Waals surface area contributed by atoms with E-state index in [4.69, 9.17) is 4.74 Å². The maximum Gasteiger partial charge on any atom is 0.188 e. The van der Waals surface area contributed by atoms with Crippen molar-refractivity contribution < 1.29 is 13.2 Å². The highest BCUT2D eigenvalue weighted by Crippen LogP contribution is 2.62. The molecular weight excluding hydrogens is 404 g/mol. The van der Waals surface area contributed by atoms with E-state index < -0.39 is 14.6 Å². The largest absolute Gasteiger partial charge is 0.493 e. The van der Waals surface area contributed by atoms with Crippen LogP contribution in [0.2, 0.25) is 0 Å². The third kappa shape index (κ3) is 3.61. The van der Waals surface area contributed by atoms with Gasteiger partial charge in [-0.1, -0.05) is 75.5 Å². The van der Waals surface area contributed by atoms with Crippen molar-refractivity contribution in [2.24, 2.45) is 11.3 Å². The summed E-state index contributed by atoms with van der Waals surface area (Å²) in [5, 5.41) is 0. The van der Waals surface area contributed by atoms with Gasteiger partial charge in [0.15, 0.2) is 9.84 Å². The third-order valence-electron chi connectivity index (χ3n) is 8.08. The van der Waals surface area contributed by atoms with Crippen LogP contribution in [0.5, 0.6) is 0 Å². The third-order valence-corrected chi connectivity index (χ3v) is 10.6. The van der Waals surface area contributed by atoms with Gasteiger partial charge >= 0.3 is 0 Å². The molecule has 2 saturated carbocycles. The lowest BCUT2D eigenvalue weighted by atomic mass is 9.55. The number of fused-ring (bicyclic) bond motifs is 2. The van der Waals surface area contributed by atoms with Gasteiger partial charge in [-0.3, -0.25) is 0 Å². The van der Waals surface area contributed by atoms with Crippen LogP contribution in [0.3, 0.4) is 0 Å². The molecule has 0 bridgehead atoms. The van der Waals surface area contributed by atoms with Gasteiger partial charge in [0, 0.05) is 11.5 Å². The molecule has 3 nitrogen and oxygen atoms in total. The predicted molar refractivity (Wildman–Crippen MR) is 126 cm³/mol. The normalized spacial score (nSPS) is 31.5. The van der Waals surface area contributed by atoms with E-state index in [1.807, 2.05) is 37.3 Å². The number of benzene rings is 1. The fourth-order valence-corrected chi connectivity index (χ4v) is 9.20. The number of sulfone groups is 1. The molecule has 1 heterocycles. The van der Waals surface area contributed by atoms with E-state index in [9.17, 15) is 8.42 Å². The van der Waals surface area contributed by atoms with Crippen LogP contribution in [0.25, 0.3) is 0 Å². The second-order valence-corrected chi connectivity index (χ2v) is 11.7. The first-order valence-electron chi connectivity index (χ1n) is 11.9. The Morgan fingerprint density at radius 1 is 0.968 bits per heavy atom. The Balaban J connectivity index is 1.95. The molecule has 3 aliphatic rings. The average molecular weight is 441 g/mol. The molecule has 0 aromatic heterocycles. The number of hydrogen-bond acceptors (Lipinski definition) is 3. The van der Waals surface area contributed by atoms with Gasteiger partial charge in [0.2, 0.25) is 0 Å². The topological polar surface area (TPSA) is 43.4 Å². The van der Waals surface area contributed by atoms with Crippen LogP contribution < -0.4 is 0 Å². The van der Waals surface area contributed by atoms with Crippen molar-refractivity contribution >= 4 is 9.84 Å². The summed E-state index contributed by atoms with van der Waals surface area (Å²) >= 11 is 0. The van der Waals surface area contributed by atoms with Crippen molar-refractivity contribution in [2.75, 3.05) is 6.61 Å². The zero-order valence-electron chi connectivity index (χ0n) is 18.8. The molecule has 1 saturated heterocycles.